The third-order valence-electron chi connectivity index (χ3n) is 5.38. The average molecular weight is 490 g/mol. The summed E-state index contributed by atoms with van der Waals surface area (Å²) in [4.78, 5) is 17.1. The molecule has 0 aliphatic carbocycles. The van der Waals surface area contributed by atoms with Gasteiger partial charge in [0.25, 0.3) is 11.1 Å². The Balaban J connectivity index is 1.32. The largest absolute Gasteiger partial charge is 0.493 e. The van der Waals surface area contributed by atoms with Crippen molar-refractivity contribution in [3.05, 3.63) is 94.8 Å². The van der Waals surface area contributed by atoms with Crippen LogP contribution in [0.25, 0.3) is 0 Å². The zero-order valence-electron chi connectivity index (χ0n) is 19.9. The maximum absolute atomic E-state index is 12.7. The predicted octanol–water partition coefficient (Wildman–Crippen LogP) is 5.22. The molecule has 180 valence electrons. The molecule has 0 radical (unpaired) electrons. The standard InChI is InChI=1S/C27H27N3O4S/c1-18-7-9-19(10-8-18)16-25-29-27(35-30-25)34-22-6-4-5-21(17-22)26(31)28-14-13-20-11-12-23(32-2)24(15-20)33-3/h4-12,15,17H,13-14,16H2,1-3H3,(H,28,31). The van der Waals surface area contributed by atoms with E-state index < -0.39 is 0 Å². The SMILES string of the molecule is COc1ccc(CCNC(=O)c2cccc(Oc3nc(Cc4ccc(C)cc4)ns3)c2)cc1OC. The summed E-state index contributed by atoms with van der Waals surface area (Å²) in [6.45, 7) is 2.54. The van der Waals surface area contributed by atoms with Crippen molar-refractivity contribution in [1.29, 1.82) is 0 Å². The van der Waals surface area contributed by atoms with Gasteiger partial charge in [-0.1, -0.05) is 42.0 Å². The summed E-state index contributed by atoms with van der Waals surface area (Å²) >= 11 is 1.20. The minimum Gasteiger partial charge on any atom is -0.493 e. The Bertz CT molecular complexity index is 1290. The quantitative estimate of drug-likeness (QED) is 0.329. The van der Waals surface area contributed by atoms with E-state index in [1.807, 2.05) is 18.2 Å². The number of aromatic nitrogens is 2. The Morgan fingerprint density at radius 3 is 2.49 bits per heavy atom. The molecule has 3 aromatic carbocycles. The van der Waals surface area contributed by atoms with Gasteiger partial charge >= 0.3 is 0 Å². The Kier molecular flexibility index (Phi) is 7.95. The smallest absolute Gasteiger partial charge is 0.298 e. The van der Waals surface area contributed by atoms with E-state index in [1.165, 1.54) is 17.1 Å². The van der Waals surface area contributed by atoms with Crippen LogP contribution in [0.4, 0.5) is 0 Å². The Morgan fingerprint density at radius 1 is 0.943 bits per heavy atom. The highest BCUT2D eigenvalue weighted by molar-refractivity contribution is 7.07. The normalized spacial score (nSPS) is 10.6. The summed E-state index contributed by atoms with van der Waals surface area (Å²) < 4.78 is 20.9. The lowest BCUT2D eigenvalue weighted by Crippen LogP contribution is -2.25. The van der Waals surface area contributed by atoms with E-state index >= 15 is 0 Å². The van der Waals surface area contributed by atoms with Gasteiger partial charge in [-0.05, 0) is 54.8 Å². The van der Waals surface area contributed by atoms with Gasteiger partial charge in [-0.2, -0.15) is 9.36 Å². The molecule has 0 aliphatic rings. The highest BCUT2D eigenvalue weighted by Crippen LogP contribution is 2.28. The van der Waals surface area contributed by atoms with Gasteiger partial charge in [-0.3, -0.25) is 4.79 Å². The van der Waals surface area contributed by atoms with E-state index in [2.05, 4.69) is 45.9 Å². The van der Waals surface area contributed by atoms with Crippen molar-refractivity contribution in [1.82, 2.24) is 14.7 Å². The molecule has 0 saturated carbocycles. The lowest BCUT2D eigenvalue weighted by molar-refractivity contribution is 0.0954. The van der Waals surface area contributed by atoms with Gasteiger partial charge in [0.2, 0.25) is 0 Å². The molecular weight excluding hydrogens is 462 g/mol. The predicted molar refractivity (Wildman–Crippen MR) is 136 cm³/mol. The number of nitrogens with zero attached hydrogens (tertiary/aromatic N) is 2. The van der Waals surface area contributed by atoms with Crippen LogP contribution in [0.5, 0.6) is 22.4 Å². The third-order valence-corrected chi connectivity index (χ3v) is 6.01. The molecule has 8 heteroatoms. The zero-order valence-corrected chi connectivity index (χ0v) is 20.7. The summed E-state index contributed by atoms with van der Waals surface area (Å²) in [5.41, 5.74) is 3.91. The van der Waals surface area contributed by atoms with Gasteiger partial charge in [0, 0.05) is 30.1 Å². The van der Waals surface area contributed by atoms with Crippen LogP contribution < -0.4 is 19.5 Å². The number of carbonyl (C=O) groups excluding carboxylic acids is 1. The molecule has 1 heterocycles. The second kappa shape index (κ2) is 11.5. The van der Waals surface area contributed by atoms with Crippen molar-refractivity contribution in [2.24, 2.45) is 0 Å². The molecule has 0 atom stereocenters. The fourth-order valence-corrected chi connectivity index (χ4v) is 4.07. The first-order valence-corrected chi connectivity index (χ1v) is 12.0. The molecule has 35 heavy (non-hydrogen) atoms. The fourth-order valence-electron chi connectivity index (χ4n) is 3.50. The average Bonchev–Trinajstić information content (AvgIpc) is 3.31. The van der Waals surface area contributed by atoms with Crippen molar-refractivity contribution < 1.29 is 19.0 Å². The van der Waals surface area contributed by atoms with Gasteiger partial charge in [-0.15, -0.1) is 0 Å². The van der Waals surface area contributed by atoms with Crippen LogP contribution in [0.1, 0.15) is 32.9 Å². The maximum atomic E-state index is 12.7. The molecule has 4 aromatic rings. The minimum atomic E-state index is -0.173. The summed E-state index contributed by atoms with van der Waals surface area (Å²) in [5.74, 6) is 2.41. The number of aryl methyl sites for hydroxylation is 1. The van der Waals surface area contributed by atoms with Gasteiger partial charge in [-0.25, -0.2) is 0 Å². The summed E-state index contributed by atoms with van der Waals surface area (Å²) in [6.07, 6.45) is 1.31. The van der Waals surface area contributed by atoms with E-state index in [0.29, 0.717) is 53.2 Å². The zero-order chi connectivity index (χ0) is 24.6. The van der Waals surface area contributed by atoms with Crippen molar-refractivity contribution in [3.8, 4) is 22.4 Å². The van der Waals surface area contributed by atoms with Crippen molar-refractivity contribution in [2.45, 2.75) is 19.8 Å². The number of amides is 1. The first-order valence-electron chi connectivity index (χ1n) is 11.2. The summed E-state index contributed by atoms with van der Waals surface area (Å²) in [6, 6.07) is 21.0. The minimum absolute atomic E-state index is 0.173. The van der Waals surface area contributed by atoms with Crippen molar-refractivity contribution in [3.63, 3.8) is 0 Å². The number of benzene rings is 3. The van der Waals surface area contributed by atoms with E-state index in [9.17, 15) is 4.79 Å². The van der Waals surface area contributed by atoms with E-state index in [0.717, 1.165) is 11.1 Å². The Labute approximate surface area is 208 Å². The lowest BCUT2D eigenvalue weighted by Gasteiger charge is -2.10. The van der Waals surface area contributed by atoms with Crippen LogP contribution in [-0.2, 0) is 12.8 Å². The molecule has 4 rings (SSSR count). The number of hydrogen-bond donors (Lipinski definition) is 1. The molecule has 1 aromatic heterocycles. The fraction of sp³-hybridized carbons (Fsp3) is 0.222. The first-order chi connectivity index (χ1) is 17.0. The third kappa shape index (κ3) is 6.58. The van der Waals surface area contributed by atoms with E-state index in [1.54, 1.807) is 38.5 Å². The molecular formula is C27H27N3O4S. The van der Waals surface area contributed by atoms with Crippen LogP contribution in [0, 0.1) is 6.92 Å². The molecule has 7 nitrogen and oxygen atoms in total. The molecule has 0 saturated heterocycles. The second-order valence-electron chi connectivity index (χ2n) is 7.96. The van der Waals surface area contributed by atoms with Crippen LogP contribution >= 0.6 is 11.5 Å². The van der Waals surface area contributed by atoms with Gasteiger partial charge in [0.05, 0.1) is 14.2 Å². The molecule has 0 bridgehead atoms. The van der Waals surface area contributed by atoms with Crippen LogP contribution in [0.3, 0.4) is 0 Å². The van der Waals surface area contributed by atoms with E-state index in [-0.39, 0.29) is 5.91 Å². The topological polar surface area (TPSA) is 82.6 Å². The number of hydrogen-bond acceptors (Lipinski definition) is 7. The van der Waals surface area contributed by atoms with Gasteiger partial charge in [0.15, 0.2) is 17.3 Å². The highest BCUT2D eigenvalue weighted by Gasteiger charge is 2.11. The lowest BCUT2D eigenvalue weighted by atomic mass is 10.1. The number of ether oxygens (including phenoxy) is 3. The number of carbonyl (C=O) groups is 1. The number of rotatable bonds is 10. The Hall–Kier alpha value is -3.91. The molecule has 0 aliphatic heterocycles. The van der Waals surface area contributed by atoms with Gasteiger partial charge < -0.3 is 19.5 Å². The van der Waals surface area contributed by atoms with Crippen LogP contribution in [0.15, 0.2) is 66.7 Å². The van der Waals surface area contributed by atoms with Crippen LogP contribution in [0.2, 0.25) is 0 Å². The molecule has 0 fully saturated rings. The maximum Gasteiger partial charge on any atom is 0.298 e. The van der Waals surface area contributed by atoms with Crippen LogP contribution in [-0.4, -0.2) is 36.0 Å². The summed E-state index contributed by atoms with van der Waals surface area (Å²) in [5, 5.41) is 3.39. The van der Waals surface area contributed by atoms with E-state index in [4.69, 9.17) is 14.2 Å². The molecule has 0 spiro atoms. The summed E-state index contributed by atoms with van der Waals surface area (Å²) in [7, 11) is 3.20. The molecule has 1 N–H and O–H groups in total. The molecule has 0 unspecified atom stereocenters. The molecule has 1 amide bonds. The number of methoxy groups -OCH3 is 2. The van der Waals surface area contributed by atoms with Crippen molar-refractivity contribution >= 4 is 17.4 Å². The second-order valence-corrected chi connectivity index (χ2v) is 8.68. The monoisotopic (exact) mass is 489 g/mol. The first kappa shape index (κ1) is 24.2. The Morgan fingerprint density at radius 2 is 1.71 bits per heavy atom. The number of nitrogens with one attached hydrogen (secondary N) is 1. The van der Waals surface area contributed by atoms with Gasteiger partial charge in [0.1, 0.15) is 5.75 Å². The highest BCUT2D eigenvalue weighted by atomic mass is 32.1. The van der Waals surface area contributed by atoms with Crippen molar-refractivity contribution in [2.75, 3.05) is 20.8 Å².